The molecule has 5 nitrogen and oxygen atoms in total. The van der Waals surface area contributed by atoms with E-state index in [0.29, 0.717) is 17.0 Å². The summed E-state index contributed by atoms with van der Waals surface area (Å²) in [5, 5.41) is 8.83. The lowest BCUT2D eigenvalue weighted by molar-refractivity contribution is 0.547. The van der Waals surface area contributed by atoms with Gasteiger partial charge in [-0.25, -0.2) is 13.1 Å². The number of nitrogens with one attached hydrogen (secondary N) is 1. The summed E-state index contributed by atoms with van der Waals surface area (Å²) in [6, 6.07) is 6.44. The van der Waals surface area contributed by atoms with Gasteiger partial charge in [0.2, 0.25) is 10.0 Å². The maximum absolute atomic E-state index is 12.2. The van der Waals surface area contributed by atoms with Crippen LogP contribution < -0.4 is 10.5 Å². The van der Waals surface area contributed by atoms with E-state index in [9.17, 15) is 8.42 Å². The van der Waals surface area contributed by atoms with Gasteiger partial charge in [0.05, 0.1) is 16.5 Å². The van der Waals surface area contributed by atoms with Gasteiger partial charge in [-0.15, -0.1) is 12.4 Å². The third-order valence-corrected chi connectivity index (χ3v) is 4.91. The molecule has 1 unspecified atom stereocenters. The highest BCUT2D eigenvalue weighted by Gasteiger charge is 2.29. The molecule has 110 valence electrons. The summed E-state index contributed by atoms with van der Waals surface area (Å²) in [6.07, 6.45) is 2.15. The molecular weight excluding hydrogens is 298 g/mol. The zero-order valence-corrected chi connectivity index (χ0v) is 12.8. The van der Waals surface area contributed by atoms with E-state index in [1.165, 1.54) is 6.07 Å². The van der Waals surface area contributed by atoms with Gasteiger partial charge in [0, 0.05) is 12.6 Å². The summed E-state index contributed by atoms with van der Waals surface area (Å²) in [4.78, 5) is 0.148. The molecule has 0 aliphatic heterocycles. The Bertz CT molecular complexity index is 621. The number of hydrogen-bond acceptors (Lipinski definition) is 4. The fourth-order valence-electron chi connectivity index (χ4n) is 1.93. The van der Waals surface area contributed by atoms with Gasteiger partial charge < -0.3 is 5.73 Å². The first kappa shape index (κ1) is 16.9. The van der Waals surface area contributed by atoms with Crippen molar-refractivity contribution in [3.63, 3.8) is 0 Å². The smallest absolute Gasteiger partial charge is 0.240 e. The van der Waals surface area contributed by atoms with Gasteiger partial charge >= 0.3 is 0 Å². The Balaban J connectivity index is 0.00000200. The molecule has 20 heavy (non-hydrogen) atoms. The number of aryl methyl sites for hydroxylation is 1. The van der Waals surface area contributed by atoms with E-state index in [2.05, 4.69) is 4.72 Å². The van der Waals surface area contributed by atoms with Crippen molar-refractivity contribution in [1.29, 1.82) is 5.26 Å². The lowest BCUT2D eigenvalue weighted by atomic mass is 10.2. The Morgan fingerprint density at radius 3 is 2.70 bits per heavy atom. The lowest BCUT2D eigenvalue weighted by Gasteiger charge is -2.13. The normalized spacial score (nSPS) is 16.1. The highest BCUT2D eigenvalue weighted by atomic mass is 35.5. The van der Waals surface area contributed by atoms with Crippen LogP contribution in [0, 0.1) is 24.2 Å². The quantitative estimate of drug-likeness (QED) is 0.856. The third-order valence-electron chi connectivity index (χ3n) is 3.34. The third kappa shape index (κ3) is 3.93. The second-order valence-corrected chi connectivity index (χ2v) is 6.68. The standard InChI is InChI=1S/C13H17N3O2S.ClH/c1-9-2-3-10(7-14)6-13(9)19(17,18)16-8-12(15)11-4-5-11;/h2-3,6,11-12,16H,4-5,8,15H2,1H3;1H. The van der Waals surface area contributed by atoms with Crippen LogP contribution >= 0.6 is 12.4 Å². The first-order chi connectivity index (χ1) is 8.94. The lowest BCUT2D eigenvalue weighted by Crippen LogP contribution is -2.38. The number of hydrogen-bond donors (Lipinski definition) is 2. The van der Waals surface area contributed by atoms with Gasteiger partial charge in [0.25, 0.3) is 0 Å². The minimum absolute atomic E-state index is 0. The number of nitrogens with zero attached hydrogens (tertiary/aromatic N) is 1. The van der Waals surface area contributed by atoms with E-state index in [1.54, 1.807) is 19.1 Å². The molecule has 0 bridgehead atoms. The number of rotatable bonds is 5. The molecule has 1 aromatic carbocycles. The fourth-order valence-corrected chi connectivity index (χ4v) is 3.28. The Labute approximate surface area is 125 Å². The predicted molar refractivity (Wildman–Crippen MR) is 79.0 cm³/mol. The van der Waals surface area contributed by atoms with Crippen molar-refractivity contribution in [3.05, 3.63) is 29.3 Å². The first-order valence-electron chi connectivity index (χ1n) is 6.20. The molecule has 0 aromatic heterocycles. The van der Waals surface area contributed by atoms with Crippen LogP contribution in [-0.2, 0) is 10.0 Å². The number of nitrogens with two attached hydrogens (primary N) is 1. The predicted octanol–water partition coefficient (Wildman–Crippen LogP) is 1.30. The van der Waals surface area contributed by atoms with E-state index in [1.807, 2.05) is 6.07 Å². The molecule has 3 N–H and O–H groups in total. The molecule has 1 aliphatic carbocycles. The molecule has 0 amide bonds. The van der Waals surface area contributed by atoms with Crippen LogP contribution in [-0.4, -0.2) is 21.0 Å². The van der Waals surface area contributed by atoms with Crippen LogP contribution in [0.4, 0.5) is 0 Å². The van der Waals surface area contributed by atoms with Crippen LogP contribution in [0.15, 0.2) is 23.1 Å². The molecule has 1 aliphatic rings. The van der Waals surface area contributed by atoms with Crippen molar-refractivity contribution in [2.45, 2.75) is 30.7 Å². The topological polar surface area (TPSA) is 96.0 Å². The van der Waals surface area contributed by atoms with Gasteiger partial charge in [0.1, 0.15) is 0 Å². The van der Waals surface area contributed by atoms with E-state index < -0.39 is 10.0 Å². The largest absolute Gasteiger partial charge is 0.326 e. The number of benzene rings is 1. The van der Waals surface area contributed by atoms with Crippen molar-refractivity contribution in [2.24, 2.45) is 11.7 Å². The highest BCUT2D eigenvalue weighted by Crippen LogP contribution is 2.31. The number of halogens is 1. The van der Waals surface area contributed by atoms with Crippen LogP contribution in [0.5, 0.6) is 0 Å². The summed E-state index contributed by atoms with van der Waals surface area (Å²) in [5.41, 5.74) is 6.83. The first-order valence-corrected chi connectivity index (χ1v) is 7.68. The summed E-state index contributed by atoms with van der Waals surface area (Å²) < 4.78 is 26.9. The zero-order valence-electron chi connectivity index (χ0n) is 11.2. The van der Waals surface area contributed by atoms with Crippen LogP contribution in [0.25, 0.3) is 0 Å². The maximum atomic E-state index is 12.2. The maximum Gasteiger partial charge on any atom is 0.240 e. The van der Waals surface area contributed by atoms with Gasteiger partial charge in [-0.3, -0.25) is 0 Å². The minimum atomic E-state index is -3.61. The van der Waals surface area contributed by atoms with Crippen LogP contribution in [0.3, 0.4) is 0 Å². The minimum Gasteiger partial charge on any atom is -0.326 e. The molecular formula is C13H18ClN3O2S. The molecule has 0 saturated heterocycles. The van der Waals surface area contributed by atoms with Gasteiger partial charge in [-0.1, -0.05) is 6.07 Å². The molecule has 1 atom stereocenters. The average molecular weight is 316 g/mol. The molecule has 0 spiro atoms. The number of nitriles is 1. The monoisotopic (exact) mass is 315 g/mol. The van der Waals surface area contributed by atoms with E-state index >= 15 is 0 Å². The molecule has 1 saturated carbocycles. The molecule has 1 aromatic rings. The summed E-state index contributed by atoms with van der Waals surface area (Å²) in [7, 11) is -3.61. The number of sulfonamides is 1. The van der Waals surface area contributed by atoms with Crippen LogP contribution in [0.1, 0.15) is 24.0 Å². The Kier molecular flexibility index (Phi) is 5.54. The van der Waals surface area contributed by atoms with Crippen molar-refractivity contribution < 1.29 is 8.42 Å². The summed E-state index contributed by atoms with van der Waals surface area (Å²) in [6.45, 7) is 1.94. The summed E-state index contributed by atoms with van der Waals surface area (Å²) in [5.74, 6) is 0.439. The van der Waals surface area contributed by atoms with Gasteiger partial charge in [0.15, 0.2) is 0 Å². The average Bonchev–Trinajstić information content (AvgIpc) is 3.20. The Hall–Kier alpha value is -1.13. The molecule has 0 radical (unpaired) electrons. The van der Waals surface area contributed by atoms with E-state index in [0.717, 1.165) is 12.8 Å². The van der Waals surface area contributed by atoms with Crippen LogP contribution in [0.2, 0.25) is 0 Å². The molecule has 2 rings (SSSR count). The van der Waals surface area contributed by atoms with Crippen molar-refractivity contribution in [2.75, 3.05) is 6.54 Å². The Morgan fingerprint density at radius 1 is 1.50 bits per heavy atom. The van der Waals surface area contributed by atoms with Crippen molar-refractivity contribution >= 4 is 22.4 Å². The summed E-state index contributed by atoms with van der Waals surface area (Å²) >= 11 is 0. The zero-order chi connectivity index (χ0) is 14.0. The SMILES string of the molecule is Cc1ccc(C#N)cc1S(=O)(=O)NCC(N)C1CC1.Cl. The molecule has 0 heterocycles. The second kappa shape index (κ2) is 6.55. The fraction of sp³-hybridized carbons (Fsp3) is 0.462. The van der Waals surface area contributed by atoms with Gasteiger partial charge in [-0.2, -0.15) is 5.26 Å². The molecule has 1 fully saturated rings. The van der Waals surface area contributed by atoms with E-state index in [4.69, 9.17) is 11.0 Å². The highest BCUT2D eigenvalue weighted by molar-refractivity contribution is 7.89. The second-order valence-electron chi connectivity index (χ2n) is 4.95. The Morgan fingerprint density at radius 2 is 2.15 bits per heavy atom. The van der Waals surface area contributed by atoms with Gasteiger partial charge in [-0.05, 0) is 43.4 Å². The van der Waals surface area contributed by atoms with Crippen molar-refractivity contribution in [1.82, 2.24) is 4.72 Å². The van der Waals surface area contributed by atoms with Crippen molar-refractivity contribution in [3.8, 4) is 6.07 Å². The van der Waals surface area contributed by atoms with E-state index in [-0.39, 0.29) is 29.9 Å². The molecule has 7 heteroatoms.